The largest absolute Gasteiger partial charge is 0.309 e. The molecule has 1 N–H and O–H groups in total. The minimum Gasteiger partial charge on any atom is -0.309 e. The van der Waals surface area contributed by atoms with E-state index in [1.807, 2.05) is 42.6 Å². The molecule has 0 amide bonds. The van der Waals surface area contributed by atoms with Gasteiger partial charge in [-0.3, -0.25) is 4.98 Å². The summed E-state index contributed by atoms with van der Waals surface area (Å²) in [5.74, 6) is 0.799. The average molecular weight is 280 g/mol. The molecule has 0 bridgehead atoms. The van der Waals surface area contributed by atoms with Crippen LogP contribution in [0, 0.1) is 0 Å². The molecular weight excluding hydrogens is 264 g/mol. The summed E-state index contributed by atoms with van der Waals surface area (Å²) in [7, 11) is 0. The SMILES string of the molecule is c1ccc(-n2nnnc2CNCCc2cccnc2)cc1. The van der Waals surface area contributed by atoms with Gasteiger partial charge in [0.15, 0.2) is 5.82 Å². The maximum Gasteiger partial charge on any atom is 0.170 e. The van der Waals surface area contributed by atoms with Gasteiger partial charge in [-0.25, -0.2) is 0 Å². The van der Waals surface area contributed by atoms with Crippen LogP contribution >= 0.6 is 0 Å². The van der Waals surface area contributed by atoms with E-state index in [1.165, 1.54) is 5.56 Å². The number of para-hydroxylation sites is 1. The highest BCUT2D eigenvalue weighted by Crippen LogP contribution is 2.06. The first-order valence-electron chi connectivity index (χ1n) is 6.86. The quantitative estimate of drug-likeness (QED) is 0.691. The van der Waals surface area contributed by atoms with Crippen LogP contribution in [-0.2, 0) is 13.0 Å². The third-order valence-corrected chi connectivity index (χ3v) is 3.13. The molecule has 0 atom stereocenters. The Morgan fingerprint density at radius 1 is 1.05 bits per heavy atom. The number of tetrazole rings is 1. The van der Waals surface area contributed by atoms with Crippen molar-refractivity contribution in [3.8, 4) is 5.69 Å². The van der Waals surface area contributed by atoms with E-state index in [-0.39, 0.29) is 0 Å². The zero-order valence-corrected chi connectivity index (χ0v) is 11.6. The van der Waals surface area contributed by atoms with Gasteiger partial charge in [-0.2, -0.15) is 4.68 Å². The van der Waals surface area contributed by atoms with Crippen molar-refractivity contribution in [3.63, 3.8) is 0 Å². The topological polar surface area (TPSA) is 68.5 Å². The minimum absolute atomic E-state index is 0.627. The molecular formula is C15H16N6. The molecule has 0 aliphatic heterocycles. The lowest BCUT2D eigenvalue weighted by Gasteiger charge is -2.06. The van der Waals surface area contributed by atoms with E-state index in [0.29, 0.717) is 6.54 Å². The van der Waals surface area contributed by atoms with Crippen LogP contribution in [0.15, 0.2) is 54.9 Å². The summed E-state index contributed by atoms with van der Waals surface area (Å²) in [4.78, 5) is 4.10. The molecule has 106 valence electrons. The van der Waals surface area contributed by atoms with Crippen molar-refractivity contribution in [1.82, 2.24) is 30.5 Å². The number of pyridine rings is 1. The second kappa shape index (κ2) is 6.71. The number of nitrogens with zero attached hydrogens (tertiary/aromatic N) is 5. The maximum absolute atomic E-state index is 4.10. The van der Waals surface area contributed by atoms with Crippen molar-refractivity contribution < 1.29 is 0 Å². The van der Waals surface area contributed by atoms with Crippen LogP contribution in [0.25, 0.3) is 5.69 Å². The van der Waals surface area contributed by atoms with Crippen molar-refractivity contribution in [3.05, 3.63) is 66.2 Å². The van der Waals surface area contributed by atoms with Crippen molar-refractivity contribution >= 4 is 0 Å². The summed E-state index contributed by atoms with van der Waals surface area (Å²) < 4.78 is 1.75. The molecule has 21 heavy (non-hydrogen) atoms. The summed E-state index contributed by atoms with van der Waals surface area (Å²) in [6.07, 6.45) is 4.60. The Kier molecular flexibility index (Phi) is 4.28. The number of hydrogen-bond donors (Lipinski definition) is 1. The highest BCUT2D eigenvalue weighted by molar-refractivity contribution is 5.30. The molecule has 0 fully saturated rings. The Morgan fingerprint density at radius 3 is 2.76 bits per heavy atom. The van der Waals surface area contributed by atoms with Gasteiger partial charge in [0.2, 0.25) is 0 Å². The third-order valence-electron chi connectivity index (χ3n) is 3.13. The Bertz CT molecular complexity index is 665. The van der Waals surface area contributed by atoms with Gasteiger partial charge >= 0.3 is 0 Å². The van der Waals surface area contributed by atoms with Crippen molar-refractivity contribution in [2.24, 2.45) is 0 Å². The predicted molar refractivity (Wildman–Crippen MR) is 78.8 cm³/mol. The molecule has 3 rings (SSSR count). The smallest absolute Gasteiger partial charge is 0.170 e. The molecule has 0 radical (unpaired) electrons. The minimum atomic E-state index is 0.627. The fraction of sp³-hybridized carbons (Fsp3) is 0.200. The molecule has 2 heterocycles. The normalized spacial score (nSPS) is 10.7. The lowest BCUT2D eigenvalue weighted by molar-refractivity contribution is 0.639. The van der Waals surface area contributed by atoms with Crippen molar-refractivity contribution in [1.29, 1.82) is 0 Å². The van der Waals surface area contributed by atoms with E-state index in [9.17, 15) is 0 Å². The molecule has 0 saturated heterocycles. The summed E-state index contributed by atoms with van der Waals surface area (Å²) in [6.45, 7) is 1.48. The molecule has 0 aliphatic carbocycles. The van der Waals surface area contributed by atoms with E-state index < -0.39 is 0 Å². The second-order valence-electron chi connectivity index (χ2n) is 4.63. The number of rotatable bonds is 6. The molecule has 6 heteroatoms. The first-order valence-corrected chi connectivity index (χ1v) is 6.86. The van der Waals surface area contributed by atoms with Crippen LogP contribution in [0.3, 0.4) is 0 Å². The second-order valence-corrected chi connectivity index (χ2v) is 4.63. The molecule has 0 spiro atoms. The monoisotopic (exact) mass is 280 g/mol. The lowest BCUT2D eigenvalue weighted by atomic mass is 10.2. The first kappa shape index (κ1) is 13.4. The molecule has 6 nitrogen and oxygen atoms in total. The highest BCUT2D eigenvalue weighted by atomic mass is 15.5. The van der Waals surface area contributed by atoms with Crippen LogP contribution in [0.4, 0.5) is 0 Å². The van der Waals surface area contributed by atoms with E-state index in [0.717, 1.165) is 24.5 Å². The van der Waals surface area contributed by atoms with Crippen LogP contribution < -0.4 is 5.32 Å². The molecule has 3 aromatic rings. The lowest BCUT2D eigenvalue weighted by Crippen LogP contribution is -2.19. The fourth-order valence-electron chi connectivity index (χ4n) is 2.06. The summed E-state index contributed by atoms with van der Waals surface area (Å²) in [5.41, 5.74) is 2.18. The Morgan fingerprint density at radius 2 is 1.95 bits per heavy atom. The number of aromatic nitrogens is 5. The first-order chi connectivity index (χ1) is 10.4. The van der Waals surface area contributed by atoms with Gasteiger partial charge in [-0.1, -0.05) is 24.3 Å². The van der Waals surface area contributed by atoms with Gasteiger partial charge in [0.25, 0.3) is 0 Å². The zero-order chi connectivity index (χ0) is 14.3. The van der Waals surface area contributed by atoms with Gasteiger partial charge < -0.3 is 5.32 Å². The number of nitrogens with one attached hydrogen (secondary N) is 1. The Balaban J connectivity index is 1.56. The van der Waals surface area contributed by atoms with Crippen molar-refractivity contribution in [2.45, 2.75) is 13.0 Å². The van der Waals surface area contributed by atoms with Crippen LogP contribution in [0.5, 0.6) is 0 Å². The molecule has 0 unspecified atom stereocenters. The van der Waals surface area contributed by atoms with E-state index in [2.05, 4.69) is 31.9 Å². The molecule has 0 aliphatic rings. The van der Waals surface area contributed by atoms with Gasteiger partial charge in [-0.05, 0) is 47.2 Å². The number of benzene rings is 1. The Labute approximate surface area is 122 Å². The third kappa shape index (κ3) is 3.49. The van der Waals surface area contributed by atoms with Gasteiger partial charge in [0.1, 0.15) is 0 Å². The summed E-state index contributed by atoms with van der Waals surface area (Å²) in [6, 6.07) is 13.9. The summed E-state index contributed by atoms with van der Waals surface area (Å²) in [5, 5.41) is 15.2. The van der Waals surface area contributed by atoms with Gasteiger partial charge in [0.05, 0.1) is 12.2 Å². The summed E-state index contributed by atoms with van der Waals surface area (Å²) >= 11 is 0. The van der Waals surface area contributed by atoms with E-state index >= 15 is 0 Å². The molecule has 0 saturated carbocycles. The standard InChI is InChI=1S/C15H16N6/c1-2-6-14(7-3-1)21-15(18-19-20-21)12-17-10-8-13-5-4-9-16-11-13/h1-7,9,11,17H,8,10,12H2. The van der Waals surface area contributed by atoms with E-state index in [1.54, 1.807) is 10.9 Å². The Hall–Kier alpha value is -2.60. The maximum atomic E-state index is 4.10. The number of hydrogen-bond acceptors (Lipinski definition) is 5. The van der Waals surface area contributed by atoms with Gasteiger partial charge in [-0.15, -0.1) is 5.10 Å². The van der Waals surface area contributed by atoms with Crippen LogP contribution in [0.1, 0.15) is 11.4 Å². The highest BCUT2D eigenvalue weighted by Gasteiger charge is 2.06. The zero-order valence-electron chi connectivity index (χ0n) is 11.6. The molecule has 2 aromatic heterocycles. The van der Waals surface area contributed by atoms with Crippen LogP contribution in [-0.4, -0.2) is 31.7 Å². The van der Waals surface area contributed by atoms with Crippen LogP contribution in [0.2, 0.25) is 0 Å². The predicted octanol–water partition coefficient (Wildman–Crippen LogP) is 1.39. The fourth-order valence-corrected chi connectivity index (χ4v) is 2.06. The van der Waals surface area contributed by atoms with Gasteiger partial charge in [0, 0.05) is 12.4 Å². The molecule has 1 aromatic carbocycles. The van der Waals surface area contributed by atoms with Crippen molar-refractivity contribution in [2.75, 3.05) is 6.54 Å². The average Bonchev–Trinajstić information content (AvgIpc) is 3.02. The van der Waals surface area contributed by atoms with E-state index in [4.69, 9.17) is 0 Å².